The molecule has 0 heterocycles. The lowest BCUT2D eigenvalue weighted by Gasteiger charge is -2.09. The molecule has 7 nitrogen and oxygen atoms in total. The number of nitro groups is 1. The third-order valence-electron chi connectivity index (χ3n) is 3.69. The van der Waals surface area contributed by atoms with Crippen molar-refractivity contribution in [1.29, 1.82) is 0 Å². The van der Waals surface area contributed by atoms with Crippen molar-refractivity contribution in [1.82, 2.24) is 0 Å². The number of benzene rings is 3. The van der Waals surface area contributed by atoms with Crippen molar-refractivity contribution in [3.8, 4) is 16.9 Å². The number of phenols is 1. The zero-order valence-electron chi connectivity index (χ0n) is 13.4. The molecule has 0 aliphatic carbocycles. The minimum absolute atomic E-state index is 0.0282. The lowest BCUT2D eigenvalue weighted by Crippen LogP contribution is -2.14. The van der Waals surface area contributed by atoms with Crippen LogP contribution in [0.15, 0.2) is 77.7 Å². The van der Waals surface area contributed by atoms with E-state index in [4.69, 9.17) is 0 Å². The fourth-order valence-corrected chi connectivity index (χ4v) is 3.49. The molecule has 0 saturated carbocycles. The average Bonchev–Trinajstić information content (AvgIpc) is 2.64. The monoisotopic (exact) mass is 370 g/mol. The molecule has 0 aromatic heterocycles. The Morgan fingerprint density at radius 2 is 1.50 bits per heavy atom. The first kappa shape index (κ1) is 17.4. The van der Waals surface area contributed by atoms with Crippen molar-refractivity contribution in [3.05, 3.63) is 82.9 Å². The van der Waals surface area contributed by atoms with E-state index in [1.54, 1.807) is 12.1 Å². The summed E-state index contributed by atoms with van der Waals surface area (Å²) in [5.74, 6) is -0.327. The second-order valence-corrected chi connectivity index (χ2v) is 7.14. The van der Waals surface area contributed by atoms with Gasteiger partial charge in [-0.15, -0.1) is 0 Å². The van der Waals surface area contributed by atoms with Crippen molar-refractivity contribution < 1.29 is 18.4 Å². The molecule has 0 atom stereocenters. The van der Waals surface area contributed by atoms with Crippen molar-refractivity contribution in [2.45, 2.75) is 4.90 Å². The summed E-state index contributed by atoms with van der Waals surface area (Å²) in [4.78, 5) is 10.3. The van der Waals surface area contributed by atoms with Crippen molar-refractivity contribution in [2.75, 3.05) is 4.72 Å². The van der Waals surface area contributed by atoms with E-state index >= 15 is 0 Å². The lowest BCUT2D eigenvalue weighted by molar-refractivity contribution is -0.384. The highest BCUT2D eigenvalue weighted by molar-refractivity contribution is 7.92. The summed E-state index contributed by atoms with van der Waals surface area (Å²) in [6.45, 7) is 0. The minimum Gasteiger partial charge on any atom is -0.508 e. The molecular formula is C18H14N2O5S. The molecule has 8 heteroatoms. The molecule has 2 N–H and O–H groups in total. The second kappa shape index (κ2) is 6.85. The Morgan fingerprint density at radius 3 is 2.12 bits per heavy atom. The quantitative estimate of drug-likeness (QED) is 0.404. The Bertz CT molecular complexity index is 1050. The van der Waals surface area contributed by atoms with Gasteiger partial charge in [0.05, 0.1) is 15.9 Å². The highest BCUT2D eigenvalue weighted by Gasteiger charge is 2.21. The molecule has 132 valence electrons. The number of phenolic OH excluding ortho intramolecular Hbond substituents is 1. The number of nitrogens with zero attached hydrogens (tertiary/aromatic N) is 1. The minimum atomic E-state index is -4.02. The Balaban J connectivity index is 1.91. The molecule has 3 aromatic rings. The van der Waals surface area contributed by atoms with Gasteiger partial charge in [-0.25, -0.2) is 8.42 Å². The first-order valence-corrected chi connectivity index (χ1v) is 9.01. The van der Waals surface area contributed by atoms with Gasteiger partial charge in [-0.3, -0.25) is 14.8 Å². The zero-order chi connectivity index (χ0) is 18.7. The van der Waals surface area contributed by atoms with Gasteiger partial charge in [-0.05, 0) is 35.4 Å². The maximum atomic E-state index is 12.5. The molecule has 0 amide bonds. The number of anilines is 1. The summed E-state index contributed by atoms with van der Waals surface area (Å²) < 4.78 is 27.2. The van der Waals surface area contributed by atoms with E-state index in [1.165, 1.54) is 18.2 Å². The van der Waals surface area contributed by atoms with Crippen molar-refractivity contribution in [2.24, 2.45) is 0 Å². The van der Waals surface area contributed by atoms with E-state index in [0.717, 1.165) is 23.3 Å². The van der Waals surface area contributed by atoms with Crippen LogP contribution in [0.1, 0.15) is 0 Å². The topological polar surface area (TPSA) is 110 Å². The Hall–Kier alpha value is -3.39. The fourth-order valence-electron chi connectivity index (χ4n) is 2.42. The predicted octanol–water partition coefficient (Wildman–Crippen LogP) is 3.77. The number of rotatable bonds is 5. The molecular weight excluding hydrogens is 356 g/mol. The number of sulfonamides is 1. The number of hydrogen-bond donors (Lipinski definition) is 2. The maximum Gasteiger partial charge on any atom is 0.297 e. The van der Waals surface area contributed by atoms with Crippen LogP contribution in [0.3, 0.4) is 0 Å². The van der Waals surface area contributed by atoms with Crippen LogP contribution >= 0.6 is 0 Å². The Morgan fingerprint density at radius 1 is 0.885 bits per heavy atom. The zero-order valence-corrected chi connectivity index (χ0v) is 14.2. The molecule has 0 bridgehead atoms. The summed E-state index contributed by atoms with van der Waals surface area (Å²) in [5, 5.41) is 20.4. The third-order valence-corrected chi connectivity index (χ3v) is 5.08. The summed E-state index contributed by atoms with van der Waals surface area (Å²) >= 11 is 0. The van der Waals surface area contributed by atoms with Crippen molar-refractivity contribution in [3.63, 3.8) is 0 Å². The molecule has 0 saturated heterocycles. The first-order chi connectivity index (χ1) is 12.4. The normalized spacial score (nSPS) is 11.1. The third kappa shape index (κ3) is 3.65. The summed E-state index contributed by atoms with van der Waals surface area (Å²) in [5.41, 5.74) is 1.04. The van der Waals surface area contributed by atoms with Crippen LogP contribution in [0.25, 0.3) is 11.1 Å². The number of aromatic hydroxyl groups is 1. The van der Waals surface area contributed by atoms with Crippen LogP contribution in [0, 0.1) is 10.1 Å². The molecule has 3 aromatic carbocycles. The molecule has 3 rings (SSSR count). The van der Waals surface area contributed by atoms with Gasteiger partial charge in [0, 0.05) is 0 Å². The van der Waals surface area contributed by atoms with E-state index in [0.29, 0.717) is 0 Å². The molecule has 0 spiro atoms. The van der Waals surface area contributed by atoms with Crippen LogP contribution in [0.5, 0.6) is 5.75 Å². The van der Waals surface area contributed by atoms with Gasteiger partial charge in [-0.2, -0.15) is 0 Å². The Labute approximate surface area is 149 Å². The lowest BCUT2D eigenvalue weighted by atomic mass is 10.1. The Kier molecular flexibility index (Phi) is 4.59. The maximum absolute atomic E-state index is 12.5. The largest absolute Gasteiger partial charge is 0.508 e. The van der Waals surface area contributed by atoms with E-state index in [2.05, 4.69) is 4.72 Å². The van der Waals surface area contributed by atoms with Gasteiger partial charge in [-0.1, -0.05) is 42.5 Å². The van der Waals surface area contributed by atoms with E-state index in [9.17, 15) is 23.6 Å². The van der Waals surface area contributed by atoms with Crippen molar-refractivity contribution >= 4 is 21.4 Å². The molecule has 0 fully saturated rings. The summed E-state index contributed by atoms with van der Waals surface area (Å²) in [6, 6.07) is 18.8. The molecule has 26 heavy (non-hydrogen) atoms. The van der Waals surface area contributed by atoms with Gasteiger partial charge < -0.3 is 5.11 Å². The highest BCUT2D eigenvalue weighted by Crippen LogP contribution is 2.30. The molecule has 0 radical (unpaired) electrons. The molecule has 0 aliphatic heterocycles. The highest BCUT2D eigenvalue weighted by atomic mass is 32.2. The van der Waals surface area contributed by atoms with Gasteiger partial charge in [0.25, 0.3) is 15.7 Å². The predicted molar refractivity (Wildman–Crippen MR) is 97.4 cm³/mol. The van der Waals surface area contributed by atoms with E-state index in [-0.39, 0.29) is 16.3 Å². The molecule has 0 unspecified atom stereocenters. The van der Waals surface area contributed by atoms with Gasteiger partial charge in [0.1, 0.15) is 11.4 Å². The summed E-state index contributed by atoms with van der Waals surface area (Å²) in [6.07, 6.45) is 0. The van der Waals surface area contributed by atoms with Gasteiger partial charge in [0.2, 0.25) is 0 Å². The van der Waals surface area contributed by atoms with Gasteiger partial charge >= 0.3 is 0 Å². The van der Waals surface area contributed by atoms with Crippen LogP contribution in [0.2, 0.25) is 0 Å². The average molecular weight is 370 g/mol. The van der Waals surface area contributed by atoms with Crippen LogP contribution in [-0.2, 0) is 10.0 Å². The number of hydrogen-bond acceptors (Lipinski definition) is 5. The fraction of sp³-hybridized carbons (Fsp3) is 0. The van der Waals surface area contributed by atoms with Crippen LogP contribution in [-0.4, -0.2) is 18.4 Å². The smallest absolute Gasteiger partial charge is 0.297 e. The first-order valence-electron chi connectivity index (χ1n) is 7.52. The summed E-state index contributed by atoms with van der Waals surface area (Å²) in [7, 11) is -4.02. The van der Waals surface area contributed by atoms with Crippen LogP contribution < -0.4 is 4.72 Å². The van der Waals surface area contributed by atoms with Gasteiger partial charge in [0.15, 0.2) is 0 Å². The number of nitrogens with one attached hydrogen (secondary N) is 1. The number of nitro benzene ring substituents is 1. The van der Waals surface area contributed by atoms with E-state index < -0.39 is 20.6 Å². The standard InChI is InChI=1S/C18H14N2O5S/c21-15-8-11-17(18(12-15)20(22)23)19-26(24,25)16-9-6-14(7-10-16)13-4-2-1-3-5-13/h1-12,19,21H. The SMILES string of the molecule is O=[N+]([O-])c1cc(O)ccc1NS(=O)(=O)c1ccc(-c2ccccc2)cc1. The second-order valence-electron chi connectivity index (χ2n) is 5.45. The van der Waals surface area contributed by atoms with Crippen LogP contribution in [0.4, 0.5) is 11.4 Å². The van der Waals surface area contributed by atoms with E-state index in [1.807, 2.05) is 30.3 Å². The molecule has 0 aliphatic rings.